The van der Waals surface area contributed by atoms with Gasteiger partial charge in [0.15, 0.2) is 0 Å². The Kier molecular flexibility index (Phi) is 12.9. The Morgan fingerprint density at radius 2 is 1.76 bits per heavy atom. The third-order valence-corrected chi connectivity index (χ3v) is 4.70. The Morgan fingerprint density at radius 3 is 2.36 bits per heavy atom. The molecule has 0 aliphatic rings. The smallest absolute Gasteiger partial charge is 0.254 e. The van der Waals surface area contributed by atoms with Crippen molar-refractivity contribution in [3.8, 4) is 0 Å². The number of rotatable bonds is 11. The van der Waals surface area contributed by atoms with Crippen LogP contribution >= 0.6 is 0 Å². The molecular formula is C25H38N6O2. The highest BCUT2D eigenvalue weighted by Gasteiger charge is 2.18. The van der Waals surface area contributed by atoms with Gasteiger partial charge in [-0.25, -0.2) is 4.99 Å². The molecule has 0 saturated carbocycles. The van der Waals surface area contributed by atoms with Crippen molar-refractivity contribution in [2.45, 2.75) is 40.2 Å². The van der Waals surface area contributed by atoms with Crippen molar-refractivity contribution in [1.29, 1.82) is 0 Å². The molecule has 0 saturated heterocycles. The summed E-state index contributed by atoms with van der Waals surface area (Å²) in [5.41, 5.74) is 14.7. The van der Waals surface area contributed by atoms with Gasteiger partial charge in [0.2, 0.25) is 5.91 Å². The van der Waals surface area contributed by atoms with Gasteiger partial charge in [-0.2, -0.15) is 0 Å². The van der Waals surface area contributed by atoms with Gasteiger partial charge in [0.25, 0.3) is 5.91 Å². The van der Waals surface area contributed by atoms with Crippen molar-refractivity contribution in [1.82, 2.24) is 10.2 Å². The highest BCUT2D eigenvalue weighted by atomic mass is 16.2. The minimum Gasteiger partial charge on any atom is -0.388 e. The third-order valence-electron chi connectivity index (χ3n) is 4.70. The molecule has 0 spiro atoms. The fourth-order valence-corrected chi connectivity index (χ4v) is 3.12. The number of carbonyl (C=O) groups is 2. The molecule has 0 aliphatic heterocycles. The fraction of sp³-hybridized carbons (Fsp3) is 0.400. The van der Waals surface area contributed by atoms with E-state index in [0.717, 1.165) is 29.8 Å². The van der Waals surface area contributed by atoms with Gasteiger partial charge >= 0.3 is 0 Å². The Morgan fingerprint density at radius 1 is 1.06 bits per heavy atom. The first-order valence-electron chi connectivity index (χ1n) is 11.4. The topological polar surface area (TPSA) is 126 Å². The van der Waals surface area contributed by atoms with Crippen LogP contribution in [0, 0.1) is 0 Å². The highest BCUT2D eigenvalue weighted by Crippen LogP contribution is 2.19. The van der Waals surface area contributed by atoms with E-state index in [1.165, 1.54) is 6.92 Å². The summed E-state index contributed by atoms with van der Waals surface area (Å²) in [6.45, 7) is 7.09. The average Bonchev–Trinajstić information content (AvgIpc) is 2.83. The average molecular weight is 455 g/mol. The molecule has 33 heavy (non-hydrogen) atoms. The number of carbonyl (C=O) groups excluding carboxylic acids is 2. The third kappa shape index (κ3) is 9.74. The Bertz CT molecular complexity index is 899. The lowest BCUT2D eigenvalue weighted by Gasteiger charge is -2.23. The minimum absolute atomic E-state index is 0.132. The second-order valence-corrected chi connectivity index (χ2v) is 7.19. The SMILES string of the molecule is CC.CNc1ccc(C(=O)N(CCCCN)CC(N)=Nc2ccccc2)cc1CNC(C)=O. The number of benzene rings is 2. The molecule has 0 atom stereocenters. The molecule has 8 nitrogen and oxygen atoms in total. The standard InChI is InChI=1S/C23H32N6O2.C2H6/c1-17(30)27-15-19-14-18(10-11-21(19)26-2)23(31)29(13-7-6-12-24)16-22(25)28-20-8-4-3-5-9-20;1-2/h3-5,8-11,14,26H,6-7,12-13,15-16,24H2,1-2H3,(H2,25,28)(H,27,30);1-2H3. The lowest BCUT2D eigenvalue weighted by Crippen LogP contribution is -2.39. The molecule has 0 aliphatic carbocycles. The summed E-state index contributed by atoms with van der Waals surface area (Å²) < 4.78 is 0. The van der Waals surface area contributed by atoms with Crippen molar-refractivity contribution in [3.05, 3.63) is 59.7 Å². The first-order valence-corrected chi connectivity index (χ1v) is 11.4. The molecule has 2 amide bonds. The fourth-order valence-electron chi connectivity index (χ4n) is 3.12. The van der Waals surface area contributed by atoms with Crippen LogP contribution in [0.1, 0.15) is 49.5 Å². The molecule has 0 fully saturated rings. The molecule has 0 aromatic heterocycles. The van der Waals surface area contributed by atoms with Gasteiger partial charge in [-0.15, -0.1) is 0 Å². The van der Waals surface area contributed by atoms with E-state index in [4.69, 9.17) is 11.5 Å². The molecule has 2 aromatic rings. The van der Waals surface area contributed by atoms with Crippen LogP contribution < -0.4 is 22.1 Å². The predicted octanol–water partition coefficient (Wildman–Crippen LogP) is 3.26. The maximum Gasteiger partial charge on any atom is 0.254 e. The van der Waals surface area contributed by atoms with Crippen molar-refractivity contribution in [2.24, 2.45) is 16.5 Å². The van der Waals surface area contributed by atoms with Crippen molar-refractivity contribution in [3.63, 3.8) is 0 Å². The summed E-state index contributed by atoms with van der Waals surface area (Å²) in [4.78, 5) is 30.7. The van der Waals surface area contributed by atoms with Crippen LogP contribution in [0.3, 0.4) is 0 Å². The second-order valence-electron chi connectivity index (χ2n) is 7.19. The van der Waals surface area contributed by atoms with Gasteiger partial charge in [0.1, 0.15) is 5.84 Å². The van der Waals surface area contributed by atoms with Gasteiger partial charge in [0, 0.05) is 38.3 Å². The number of nitrogens with one attached hydrogen (secondary N) is 2. The van der Waals surface area contributed by atoms with Crippen LogP contribution in [0.4, 0.5) is 11.4 Å². The summed E-state index contributed by atoms with van der Waals surface area (Å²) in [6.07, 6.45) is 1.58. The zero-order valence-electron chi connectivity index (χ0n) is 20.2. The van der Waals surface area contributed by atoms with Gasteiger partial charge < -0.3 is 27.0 Å². The number of nitrogens with two attached hydrogens (primary N) is 2. The lowest BCUT2D eigenvalue weighted by molar-refractivity contribution is -0.119. The highest BCUT2D eigenvalue weighted by molar-refractivity contribution is 5.98. The van der Waals surface area contributed by atoms with Crippen LogP contribution in [0.25, 0.3) is 0 Å². The van der Waals surface area contributed by atoms with Gasteiger partial charge in [-0.3, -0.25) is 9.59 Å². The Balaban J connectivity index is 0.00000265. The number of amides is 2. The van der Waals surface area contributed by atoms with E-state index in [-0.39, 0.29) is 18.4 Å². The summed E-state index contributed by atoms with van der Waals surface area (Å²) in [5.74, 6) is 0.0830. The predicted molar refractivity (Wildman–Crippen MR) is 137 cm³/mol. The molecule has 0 bridgehead atoms. The maximum absolute atomic E-state index is 13.3. The first-order chi connectivity index (χ1) is 15.9. The number of aliphatic imine (C=N–C) groups is 1. The first kappa shape index (κ1) is 27.6. The zero-order valence-corrected chi connectivity index (χ0v) is 20.2. The van der Waals surface area contributed by atoms with Crippen LogP contribution in [0.5, 0.6) is 0 Å². The molecule has 0 unspecified atom stereocenters. The molecule has 180 valence electrons. The molecule has 6 N–H and O–H groups in total. The molecule has 0 radical (unpaired) electrons. The van der Waals surface area contributed by atoms with Crippen molar-refractivity contribution in [2.75, 3.05) is 32.0 Å². The minimum atomic E-state index is -0.144. The molecule has 8 heteroatoms. The van der Waals surface area contributed by atoms with E-state index in [2.05, 4.69) is 15.6 Å². The van der Waals surface area contributed by atoms with Gasteiger partial charge in [0.05, 0.1) is 12.2 Å². The largest absolute Gasteiger partial charge is 0.388 e. The van der Waals surface area contributed by atoms with Gasteiger partial charge in [-0.1, -0.05) is 32.0 Å². The quantitative estimate of drug-likeness (QED) is 0.236. The van der Waals surface area contributed by atoms with Crippen molar-refractivity contribution >= 4 is 29.0 Å². The normalized spacial score (nSPS) is 10.6. The van der Waals surface area contributed by atoms with E-state index in [0.29, 0.717) is 31.0 Å². The summed E-state index contributed by atoms with van der Waals surface area (Å²) >= 11 is 0. The number of hydrogen-bond donors (Lipinski definition) is 4. The lowest BCUT2D eigenvalue weighted by atomic mass is 10.1. The van der Waals surface area contributed by atoms with Crippen LogP contribution in [0.2, 0.25) is 0 Å². The number of unbranched alkanes of at least 4 members (excludes halogenated alkanes) is 1. The number of para-hydroxylation sites is 1. The van der Waals surface area contributed by atoms with E-state index >= 15 is 0 Å². The molecule has 2 rings (SSSR count). The summed E-state index contributed by atoms with van der Waals surface area (Å²) in [6, 6.07) is 14.8. The summed E-state index contributed by atoms with van der Waals surface area (Å²) in [7, 11) is 1.80. The Labute approximate surface area is 197 Å². The van der Waals surface area contributed by atoms with Crippen molar-refractivity contribution < 1.29 is 9.59 Å². The van der Waals surface area contributed by atoms with E-state index in [1.54, 1.807) is 24.1 Å². The molecule has 0 heterocycles. The van der Waals surface area contributed by atoms with E-state index < -0.39 is 0 Å². The second kappa shape index (κ2) is 15.4. The number of nitrogens with zero attached hydrogens (tertiary/aromatic N) is 2. The van der Waals surface area contributed by atoms with Crippen LogP contribution in [-0.4, -0.2) is 49.2 Å². The number of hydrogen-bond acceptors (Lipinski definition) is 5. The van der Waals surface area contributed by atoms with Gasteiger partial charge in [-0.05, 0) is 55.3 Å². The van der Waals surface area contributed by atoms with E-state index in [1.807, 2.05) is 50.2 Å². The molecule has 2 aromatic carbocycles. The Hall–Kier alpha value is -3.39. The number of amidine groups is 1. The summed E-state index contributed by atoms with van der Waals surface area (Å²) in [5, 5.41) is 5.86. The van der Waals surface area contributed by atoms with E-state index in [9.17, 15) is 9.59 Å². The van der Waals surface area contributed by atoms with Crippen LogP contribution in [-0.2, 0) is 11.3 Å². The monoisotopic (exact) mass is 454 g/mol. The maximum atomic E-state index is 13.3. The zero-order chi connectivity index (χ0) is 24.6. The molecular weight excluding hydrogens is 416 g/mol. The number of anilines is 1. The van der Waals surface area contributed by atoms with Crippen LogP contribution in [0.15, 0.2) is 53.5 Å².